The van der Waals surface area contributed by atoms with Gasteiger partial charge in [-0.15, -0.1) is 0 Å². The third-order valence-corrected chi connectivity index (χ3v) is 2.73. The number of allylic oxidation sites excluding steroid dienone is 3. The highest BCUT2D eigenvalue weighted by molar-refractivity contribution is 5.30. The van der Waals surface area contributed by atoms with Crippen LogP contribution in [0, 0.1) is 11.8 Å². The largest absolute Gasteiger partial charge is 0.497 e. The lowest BCUT2D eigenvalue weighted by Crippen LogP contribution is -2.07. The van der Waals surface area contributed by atoms with Gasteiger partial charge in [0.25, 0.3) is 0 Å². The van der Waals surface area contributed by atoms with E-state index in [-0.39, 0.29) is 0 Å². The van der Waals surface area contributed by atoms with Crippen LogP contribution < -0.4 is 0 Å². The van der Waals surface area contributed by atoms with Gasteiger partial charge in [0.1, 0.15) is 5.76 Å². The SMILES string of the molecule is CCC1C=C(CC(C)C)C(OC)=CC1. The Morgan fingerprint density at radius 3 is 2.71 bits per heavy atom. The molecule has 1 nitrogen and oxygen atoms in total. The Kier molecular flexibility index (Phi) is 4.24. The summed E-state index contributed by atoms with van der Waals surface area (Å²) in [5, 5.41) is 0. The molecule has 0 radical (unpaired) electrons. The molecule has 1 unspecified atom stereocenters. The predicted octanol–water partition coefficient (Wildman–Crippen LogP) is 3.92. The molecule has 1 aliphatic rings. The van der Waals surface area contributed by atoms with Crippen molar-refractivity contribution in [2.24, 2.45) is 11.8 Å². The molecule has 1 heteroatoms. The molecule has 1 aliphatic carbocycles. The summed E-state index contributed by atoms with van der Waals surface area (Å²) in [6.07, 6.45) is 8.15. The zero-order valence-corrected chi connectivity index (χ0v) is 9.84. The molecule has 0 spiro atoms. The van der Waals surface area contributed by atoms with Crippen LogP contribution in [0.3, 0.4) is 0 Å². The van der Waals surface area contributed by atoms with Gasteiger partial charge in [-0.1, -0.05) is 26.8 Å². The Hall–Kier alpha value is -0.720. The molecule has 0 N–H and O–H groups in total. The first kappa shape index (κ1) is 11.4. The number of hydrogen-bond donors (Lipinski definition) is 0. The first-order valence-electron chi connectivity index (χ1n) is 5.62. The molecule has 0 aromatic rings. The van der Waals surface area contributed by atoms with Crippen LogP contribution >= 0.6 is 0 Å². The molecular weight excluding hydrogens is 172 g/mol. The van der Waals surface area contributed by atoms with Crippen molar-refractivity contribution in [2.75, 3.05) is 7.11 Å². The third-order valence-electron chi connectivity index (χ3n) is 2.73. The van der Waals surface area contributed by atoms with Crippen molar-refractivity contribution in [3.63, 3.8) is 0 Å². The van der Waals surface area contributed by atoms with Gasteiger partial charge in [-0.05, 0) is 42.7 Å². The summed E-state index contributed by atoms with van der Waals surface area (Å²) in [5.74, 6) is 2.53. The van der Waals surface area contributed by atoms with E-state index < -0.39 is 0 Å². The maximum absolute atomic E-state index is 5.39. The van der Waals surface area contributed by atoms with Gasteiger partial charge in [0.2, 0.25) is 0 Å². The first-order valence-corrected chi connectivity index (χ1v) is 5.62. The fourth-order valence-electron chi connectivity index (χ4n) is 1.93. The second-order valence-corrected chi connectivity index (χ2v) is 4.47. The van der Waals surface area contributed by atoms with Gasteiger partial charge < -0.3 is 4.74 Å². The van der Waals surface area contributed by atoms with Gasteiger partial charge in [-0.2, -0.15) is 0 Å². The van der Waals surface area contributed by atoms with Crippen LogP contribution in [0.1, 0.15) is 40.0 Å². The fourth-order valence-corrected chi connectivity index (χ4v) is 1.93. The number of hydrogen-bond acceptors (Lipinski definition) is 1. The molecule has 0 fully saturated rings. The first-order chi connectivity index (χ1) is 6.67. The van der Waals surface area contributed by atoms with Crippen LogP contribution in [0.15, 0.2) is 23.5 Å². The topological polar surface area (TPSA) is 9.23 Å². The van der Waals surface area contributed by atoms with Crippen LogP contribution in [0.25, 0.3) is 0 Å². The lowest BCUT2D eigenvalue weighted by Gasteiger charge is -2.21. The predicted molar refractivity (Wildman–Crippen MR) is 61.0 cm³/mol. The lowest BCUT2D eigenvalue weighted by molar-refractivity contribution is 0.289. The summed E-state index contributed by atoms with van der Waals surface area (Å²) in [6.45, 7) is 6.76. The van der Waals surface area contributed by atoms with Gasteiger partial charge in [-0.3, -0.25) is 0 Å². The average molecular weight is 194 g/mol. The van der Waals surface area contributed by atoms with E-state index in [1.165, 1.54) is 12.0 Å². The second-order valence-electron chi connectivity index (χ2n) is 4.47. The van der Waals surface area contributed by atoms with Crippen molar-refractivity contribution < 1.29 is 4.74 Å². The van der Waals surface area contributed by atoms with Crippen LogP contribution in [-0.4, -0.2) is 7.11 Å². The van der Waals surface area contributed by atoms with E-state index in [9.17, 15) is 0 Å². The van der Waals surface area contributed by atoms with E-state index in [1.54, 1.807) is 7.11 Å². The van der Waals surface area contributed by atoms with E-state index in [1.807, 2.05) is 0 Å². The Bertz CT molecular complexity index is 236. The van der Waals surface area contributed by atoms with E-state index in [2.05, 4.69) is 32.9 Å². The zero-order chi connectivity index (χ0) is 10.6. The van der Waals surface area contributed by atoms with Crippen LogP contribution in [0.2, 0.25) is 0 Å². The normalized spacial score (nSPS) is 21.9. The molecule has 0 aliphatic heterocycles. The van der Waals surface area contributed by atoms with E-state index in [0.29, 0.717) is 5.92 Å². The average Bonchev–Trinajstić information content (AvgIpc) is 2.16. The van der Waals surface area contributed by atoms with E-state index >= 15 is 0 Å². The smallest absolute Gasteiger partial charge is 0.117 e. The second kappa shape index (κ2) is 5.23. The summed E-state index contributed by atoms with van der Waals surface area (Å²) >= 11 is 0. The molecule has 0 amide bonds. The lowest BCUT2D eigenvalue weighted by atomic mass is 9.89. The van der Waals surface area contributed by atoms with Gasteiger partial charge in [-0.25, -0.2) is 0 Å². The molecule has 80 valence electrons. The van der Waals surface area contributed by atoms with Gasteiger partial charge >= 0.3 is 0 Å². The Labute approximate surface area is 87.8 Å². The van der Waals surface area contributed by atoms with Crippen LogP contribution in [-0.2, 0) is 4.74 Å². The molecule has 0 bridgehead atoms. The van der Waals surface area contributed by atoms with Crippen molar-refractivity contribution >= 4 is 0 Å². The highest BCUT2D eigenvalue weighted by atomic mass is 16.5. The minimum atomic E-state index is 0.704. The highest BCUT2D eigenvalue weighted by Gasteiger charge is 2.15. The monoisotopic (exact) mass is 194 g/mol. The number of methoxy groups -OCH3 is 1. The zero-order valence-electron chi connectivity index (χ0n) is 9.84. The molecule has 14 heavy (non-hydrogen) atoms. The standard InChI is InChI=1S/C13H22O/c1-5-11-6-7-13(14-4)12(9-11)8-10(2)3/h7,9-11H,5-6,8H2,1-4H3. The Balaban J connectivity index is 2.72. The maximum atomic E-state index is 5.39. The van der Waals surface area contributed by atoms with Crippen molar-refractivity contribution in [3.8, 4) is 0 Å². The summed E-state index contributed by atoms with van der Waals surface area (Å²) in [5.41, 5.74) is 1.40. The van der Waals surface area contributed by atoms with Gasteiger partial charge in [0.05, 0.1) is 7.11 Å². The highest BCUT2D eigenvalue weighted by Crippen LogP contribution is 2.29. The maximum Gasteiger partial charge on any atom is 0.117 e. The molecule has 1 rings (SSSR count). The van der Waals surface area contributed by atoms with Crippen LogP contribution in [0.4, 0.5) is 0 Å². The third kappa shape index (κ3) is 2.90. The minimum absolute atomic E-state index is 0.704. The molecule has 0 aromatic heterocycles. The molecule has 0 aromatic carbocycles. The molecule has 0 heterocycles. The van der Waals surface area contributed by atoms with E-state index in [0.717, 1.165) is 24.5 Å². The van der Waals surface area contributed by atoms with E-state index in [4.69, 9.17) is 4.74 Å². The summed E-state index contributed by atoms with van der Waals surface area (Å²) < 4.78 is 5.39. The summed E-state index contributed by atoms with van der Waals surface area (Å²) in [6, 6.07) is 0. The van der Waals surface area contributed by atoms with Gasteiger partial charge in [0.15, 0.2) is 0 Å². The van der Waals surface area contributed by atoms with Crippen molar-refractivity contribution in [2.45, 2.75) is 40.0 Å². The minimum Gasteiger partial charge on any atom is -0.497 e. The summed E-state index contributed by atoms with van der Waals surface area (Å²) in [7, 11) is 1.77. The van der Waals surface area contributed by atoms with Gasteiger partial charge in [0, 0.05) is 0 Å². The molecule has 1 atom stereocenters. The number of ether oxygens (including phenoxy) is 1. The summed E-state index contributed by atoms with van der Waals surface area (Å²) in [4.78, 5) is 0. The fraction of sp³-hybridized carbons (Fsp3) is 0.692. The molecular formula is C13H22O. The molecule has 0 saturated carbocycles. The quantitative estimate of drug-likeness (QED) is 0.659. The Morgan fingerprint density at radius 1 is 1.50 bits per heavy atom. The molecule has 0 saturated heterocycles. The van der Waals surface area contributed by atoms with Crippen LogP contribution in [0.5, 0.6) is 0 Å². The van der Waals surface area contributed by atoms with Crippen molar-refractivity contribution in [3.05, 3.63) is 23.5 Å². The number of rotatable bonds is 4. The van der Waals surface area contributed by atoms with Crippen molar-refractivity contribution in [1.29, 1.82) is 0 Å². The van der Waals surface area contributed by atoms with Crippen molar-refractivity contribution in [1.82, 2.24) is 0 Å². The Morgan fingerprint density at radius 2 is 2.21 bits per heavy atom.